The molecular weight excluding hydrogens is 192 g/mol. The van der Waals surface area contributed by atoms with Crippen LogP contribution in [0.2, 0.25) is 0 Å². The number of hydrogen-bond acceptors (Lipinski definition) is 4. The van der Waals surface area contributed by atoms with Crippen molar-refractivity contribution in [2.24, 2.45) is 11.7 Å². The molecule has 15 heavy (non-hydrogen) atoms. The normalized spacial score (nSPS) is 31.0. The van der Waals surface area contributed by atoms with Crippen LogP contribution in [-0.2, 0) is 9.47 Å². The van der Waals surface area contributed by atoms with Crippen molar-refractivity contribution >= 4 is 0 Å². The van der Waals surface area contributed by atoms with Crippen molar-refractivity contribution in [2.45, 2.75) is 24.8 Å². The van der Waals surface area contributed by atoms with Gasteiger partial charge in [0, 0.05) is 26.3 Å². The van der Waals surface area contributed by atoms with Crippen LogP contribution in [0.4, 0.5) is 0 Å². The van der Waals surface area contributed by atoms with Crippen LogP contribution in [0.3, 0.4) is 0 Å². The maximum atomic E-state index is 6.10. The van der Waals surface area contributed by atoms with Gasteiger partial charge in [0.05, 0.1) is 18.8 Å². The van der Waals surface area contributed by atoms with Crippen molar-refractivity contribution in [1.29, 1.82) is 0 Å². The van der Waals surface area contributed by atoms with E-state index < -0.39 is 0 Å². The SMILES string of the molecule is NC1(CNCCOCC2CC2)CCOC1. The molecule has 1 aliphatic carbocycles. The van der Waals surface area contributed by atoms with Gasteiger partial charge >= 0.3 is 0 Å². The molecule has 0 aromatic rings. The third kappa shape index (κ3) is 4.07. The topological polar surface area (TPSA) is 56.5 Å². The summed E-state index contributed by atoms with van der Waals surface area (Å²) >= 11 is 0. The van der Waals surface area contributed by atoms with Crippen molar-refractivity contribution in [2.75, 3.05) is 39.5 Å². The quantitative estimate of drug-likeness (QED) is 0.591. The lowest BCUT2D eigenvalue weighted by molar-refractivity contribution is 0.124. The highest BCUT2D eigenvalue weighted by Gasteiger charge is 2.29. The molecule has 4 nitrogen and oxygen atoms in total. The molecule has 2 rings (SSSR count). The molecular formula is C11H22N2O2. The molecule has 1 atom stereocenters. The Balaban J connectivity index is 1.43. The number of hydrogen-bond donors (Lipinski definition) is 2. The van der Waals surface area contributed by atoms with Crippen molar-refractivity contribution in [3.63, 3.8) is 0 Å². The Hall–Kier alpha value is -0.160. The molecule has 1 heterocycles. The van der Waals surface area contributed by atoms with E-state index in [0.717, 1.165) is 45.2 Å². The molecule has 0 aromatic heterocycles. The van der Waals surface area contributed by atoms with Crippen LogP contribution in [0.15, 0.2) is 0 Å². The minimum atomic E-state index is -0.142. The van der Waals surface area contributed by atoms with Crippen LogP contribution in [0.1, 0.15) is 19.3 Å². The molecule has 2 fully saturated rings. The Bertz CT molecular complexity index is 189. The predicted octanol–water partition coefficient (Wildman–Crippen LogP) is 0.120. The zero-order chi connectivity index (χ0) is 10.6. The largest absolute Gasteiger partial charge is 0.380 e. The summed E-state index contributed by atoms with van der Waals surface area (Å²) in [6, 6.07) is 0. The molecule has 1 saturated carbocycles. The molecule has 0 bridgehead atoms. The van der Waals surface area contributed by atoms with E-state index in [0.29, 0.717) is 6.61 Å². The average molecular weight is 214 g/mol. The van der Waals surface area contributed by atoms with Crippen LogP contribution in [0.25, 0.3) is 0 Å². The van der Waals surface area contributed by atoms with Crippen LogP contribution >= 0.6 is 0 Å². The summed E-state index contributed by atoms with van der Waals surface area (Å²) in [4.78, 5) is 0. The van der Waals surface area contributed by atoms with E-state index >= 15 is 0 Å². The van der Waals surface area contributed by atoms with E-state index in [1.807, 2.05) is 0 Å². The summed E-state index contributed by atoms with van der Waals surface area (Å²) in [5, 5.41) is 3.33. The van der Waals surface area contributed by atoms with Crippen LogP contribution in [0.5, 0.6) is 0 Å². The summed E-state index contributed by atoms with van der Waals surface area (Å²) in [6.07, 6.45) is 3.68. The smallest absolute Gasteiger partial charge is 0.0659 e. The van der Waals surface area contributed by atoms with Crippen molar-refractivity contribution in [3.8, 4) is 0 Å². The first-order valence-electron chi connectivity index (χ1n) is 5.94. The zero-order valence-electron chi connectivity index (χ0n) is 9.34. The number of nitrogens with one attached hydrogen (secondary N) is 1. The maximum Gasteiger partial charge on any atom is 0.0659 e. The van der Waals surface area contributed by atoms with E-state index in [2.05, 4.69) is 5.32 Å². The highest BCUT2D eigenvalue weighted by Crippen LogP contribution is 2.28. The van der Waals surface area contributed by atoms with Crippen molar-refractivity contribution < 1.29 is 9.47 Å². The van der Waals surface area contributed by atoms with Crippen LogP contribution in [0, 0.1) is 5.92 Å². The van der Waals surface area contributed by atoms with Gasteiger partial charge in [0.15, 0.2) is 0 Å². The van der Waals surface area contributed by atoms with Gasteiger partial charge < -0.3 is 20.5 Å². The summed E-state index contributed by atoms with van der Waals surface area (Å²) < 4.78 is 10.8. The molecule has 0 amide bonds. The first-order valence-corrected chi connectivity index (χ1v) is 5.94. The summed E-state index contributed by atoms with van der Waals surface area (Å²) in [5.41, 5.74) is 5.96. The Morgan fingerprint density at radius 1 is 1.47 bits per heavy atom. The summed E-state index contributed by atoms with van der Waals surface area (Å²) in [5.74, 6) is 0.856. The lowest BCUT2D eigenvalue weighted by atomic mass is 10.0. The lowest BCUT2D eigenvalue weighted by Gasteiger charge is -2.21. The average Bonchev–Trinajstić information content (AvgIpc) is 2.95. The second-order valence-electron chi connectivity index (χ2n) is 4.86. The fourth-order valence-electron chi connectivity index (χ4n) is 1.78. The van der Waals surface area contributed by atoms with Gasteiger partial charge in [0.25, 0.3) is 0 Å². The second kappa shape index (κ2) is 5.25. The van der Waals surface area contributed by atoms with E-state index in [1.54, 1.807) is 0 Å². The third-order valence-corrected chi connectivity index (χ3v) is 3.08. The molecule has 3 N–H and O–H groups in total. The molecule has 4 heteroatoms. The Kier molecular flexibility index (Phi) is 3.97. The zero-order valence-corrected chi connectivity index (χ0v) is 9.34. The van der Waals surface area contributed by atoms with Gasteiger partial charge in [-0.25, -0.2) is 0 Å². The van der Waals surface area contributed by atoms with Crippen molar-refractivity contribution in [1.82, 2.24) is 5.32 Å². The van der Waals surface area contributed by atoms with E-state index in [9.17, 15) is 0 Å². The van der Waals surface area contributed by atoms with Gasteiger partial charge in [-0.15, -0.1) is 0 Å². The van der Waals surface area contributed by atoms with Crippen molar-refractivity contribution in [3.05, 3.63) is 0 Å². The molecule has 88 valence electrons. The number of rotatable bonds is 7. The first-order chi connectivity index (χ1) is 7.29. The van der Waals surface area contributed by atoms with Crippen LogP contribution < -0.4 is 11.1 Å². The molecule has 1 aliphatic heterocycles. The fraction of sp³-hybridized carbons (Fsp3) is 1.00. The number of ether oxygens (including phenoxy) is 2. The monoisotopic (exact) mass is 214 g/mol. The molecule has 0 spiro atoms. The Morgan fingerprint density at radius 3 is 3.00 bits per heavy atom. The Labute approximate surface area is 91.5 Å². The highest BCUT2D eigenvalue weighted by molar-refractivity contribution is 4.89. The molecule has 0 aromatic carbocycles. The second-order valence-corrected chi connectivity index (χ2v) is 4.86. The molecule has 1 saturated heterocycles. The predicted molar refractivity (Wildman–Crippen MR) is 58.8 cm³/mol. The summed E-state index contributed by atoms with van der Waals surface area (Å²) in [7, 11) is 0. The molecule has 1 unspecified atom stereocenters. The van der Waals surface area contributed by atoms with Gasteiger partial charge in [-0.3, -0.25) is 0 Å². The van der Waals surface area contributed by atoms with Gasteiger partial charge in [0.1, 0.15) is 0 Å². The lowest BCUT2D eigenvalue weighted by Crippen LogP contribution is -2.49. The summed E-state index contributed by atoms with van der Waals surface area (Å²) in [6.45, 7) is 4.96. The van der Waals surface area contributed by atoms with E-state index in [-0.39, 0.29) is 5.54 Å². The van der Waals surface area contributed by atoms with Gasteiger partial charge in [0.2, 0.25) is 0 Å². The molecule has 0 radical (unpaired) electrons. The Morgan fingerprint density at radius 2 is 2.33 bits per heavy atom. The van der Waals surface area contributed by atoms with Crippen LogP contribution in [-0.4, -0.2) is 45.1 Å². The number of nitrogens with two attached hydrogens (primary N) is 1. The van der Waals surface area contributed by atoms with Gasteiger partial charge in [-0.1, -0.05) is 0 Å². The minimum Gasteiger partial charge on any atom is -0.380 e. The molecule has 2 aliphatic rings. The minimum absolute atomic E-state index is 0.142. The maximum absolute atomic E-state index is 6.10. The third-order valence-electron chi connectivity index (χ3n) is 3.08. The van der Waals surface area contributed by atoms with Gasteiger partial charge in [-0.2, -0.15) is 0 Å². The van der Waals surface area contributed by atoms with E-state index in [1.165, 1.54) is 12.8 Å². The van der Waals surface area contributed by atoms with E-state index in [4.69, 9.17) is 15.2 Å². The fourth-order valence-corrected chi connectivity index (χ4v) is 1.78. The highest BCUT2D eigenvalue weighted by atomic mass is 16.5. The standard InChI is InChI=1S/C11H22N2O2/c12-11(3-5-15-9-11)8-13-4-6-14-7-10-1-2-10/h10,13H,1-9,12H2. The first kappa shape index (κ1) is 11.3. The van der Waals surface area contributed by atoms with Gasteiger partial charge in [-0.05, 0) is 25.2 Å².